The molecular formula is C18H30N2O6. The number of rotatable bonds is 15. The van der Waals surface area contributed by atoms with Gasteiger partial charge < -0.3 is 24.7 Å². The Hall–Kier alpha value is -2.06. The number of ether oxygens (including phenoxy) is 2. The molecule has 0 radical (unpaired) electrons. The van der Waals surface area contributed by atoms with Crippen LogP contribution in [0.3, 0.4) is 0 Å². The predicted molar refractivity (Wildman–Crippen MR) is 98.0 cm³/mol. The highest BCUT2D eigenvalue weighted by molar-refractivity contribution is 5.31. The van der Waals surface area contributed by atoms with E-state index in [1.807, 2.05) is 38.1 Å². The minimum atomic E-state index is -0.764. The van der Waals surface area contributed by atoms with Crippen molar-refractivity contribution in [3.05, 3.63) is 34.4 Å². The normalized spacial score (nSPS) is 12.0. The van der Waals surface area contributed by atoms with Gasteiger partial charge in [-0.1, -0.05) is 26.7 Å². The second-order valence-corrected chi connectivity index (χ2v) is 6.32. The lowest BCUT2D eigenvalue weighted by Gasteiger charge is -2.15. The van der Waals surface area contributed by atoms with Crippen molar-refractivity contribution in [3.8, 4) is 11.5 Å². The van der Waals surface area contributed by atoms with E-state index in [0.717, 1.165) is 25.0 Å². The zero-order chi connectivity index (χ0) is 19.2. The molecule has 0 fully saturated rings. The molecule has 0 bridgehead atoms. The van der Waals surface area contributed by atoms with E-state index in [2.05, 4.69) is 10.2 Å². The second kappa shape index (κ2) is 13.2. The highest BCUT2D eigenvalue weighted by atomic mass is 16.9. The van der Waals surface area contributed by atoms with Crippen molar-refractivity contribution < 1.29 is 24.5 Å². The number of benzene rings is 1. The van der Waals surface area contributed by atoms with Gasteiger partial charge in [0.25, 0.3) is 5.09 Å². The average Bonchev–Trinajstić information content (AvgIpc) is 2.61. The Morgan fingerprint density at radius 2 is 1.62 bits per heavy atom. The second-order valence-electron chi connectivity index (χ2n) is 6.32. The van der Waals surface area contributed by atoms with Crippen molar-refractivity contribution in [3.63, 3.8) is 0 Å². The Balaban J connectivity index is 2.10. The number of aliphatic hydroxyl groups excluding tert-OH is 1. The molecule has 8 nitrogen and oxygen atoms in total. The van der Waals surface area contributed by atoms with Gasteiger partial charge in [0, 0.05) is 12.6 Å². The fourth-order valence-electron chi connectivity index (χ4n) is 2.14. The maximum absolute atomic E-state index is 9.98. The maximum Gasteiger partial charge on any atom is 0.294 e. The molecule has 0 aromatic heterocycles. The highest BCUT2D eigenvalue weighted by Gasteiger charge is 2.06. The van der Waals surface area contributed by atoms with Crippen LogP contribution in [0.4, 0.5) is 0 Å². The fraction of sp³-hybridized carbons (Fsp3) is 0.667. The van der Waals surface area contributed by atoms with Crippen LogP contribution >= 0.6 is 0 Å². The van der Waals surface area contributed by atoms with E-state index in [0.29, 0.717) is 31.4 Å². The summed E-state index contributed by atoms with van der Waals surface area (Å²) in [6.45, 7) is 5.53. The van der Waals surface area contributed by atoms with Crippen LogP contribution in [0.25, 0.3) is 0 Å². The van der Waals surface area contributed by atoms with E-state index in [-0.39, 0.29) is 13.2 Å². The Kier molecular flexibility index (Phi) is 11.1. The average molecular weight is 370 g/mol. The molecule has 0 saturated heterocycles. The minimum absolute atomic E-state index is 0.150. The van der Waals surface area contributed by atoms with Crippen LogP contribution < -0.4 is 14.8 Å². The lowest BCUT2D eigenvalue weighted by Crippen LogP contribution is -2.35. The lowest BCUT2D eigenvalue weighted by atomic mass is 10.2. The molecule has 1 atom stereocenters. The molecule has 0 saturated carbocycles. The summed E-state index contributed by atoms with van der Waals surface area (Å²) in [4.78, 5) is 14.2. The summed E-state index contributed by atoms with van der Waals surface area (Å²) < 4.78 is 11.2. The van der Waals surface area contributed by atoms with Gasteiger partial charge in [0.05, 0.1) is 13.2 Å². The van der Waals surface area contributed by atoms with Gasteiger partial charge in [-0.3, -0.25) is 0 Å². The summed E-state index contributed by atoms with van der Waals surface area (Å²) in [5.74, 6) is 1.45. The number of nitrogens with zero attached hydrogens (tertiary/aromatic N) is 1. The molecule has 0 aliphatic heterocycles. The first-order valence-electron chi connectivity index (χ1n) is 9.01. The van der Waals surface area contributed by atoms with Gasteiger partial charge in [-0.15, -0.1) is 10.1 Å². The van der Waals surface area contributed by atoms with Gasteiger partial charge >= 0.3 is 0 Å². The van der Waals surface area contributed by atoms with Crippen molar-refractivity contribution >= 4 is 0 Å². The number of unbranched alkanes of at least 4 members (excludes halogenated alkanes) is 3. The number of hydrogen-bond acceptors (Lipinski definition) is 7. The van der Waals surface area contributed by atoms with Crippen LogP contribution in [0, 0.1) is 10.1 Å². The lowest BCUT2D eigenvalue weighted by molar-refractivity contribution is -0.757. The molecule has 0 heterocycles. The van der Waals surface area contributed by atoms with Gasteiger partial charge in [-0.2, -0.15) is 0 Å². The van der Waals surface area contributed by atoms with E-state index in [4.69, 9.17) is 9.47 Å². The molecular weight excluding hydrogens is 340 g/mol. The van der Waals surface area contributed by atoms with Gasteiger partial charge in [0.1, 0.15) is 24.2 Å². The van der Waals surface area contributed by atoms with Gasteiger partial charge in [0.2, 0.25) is 0 Å². The van der Waals surface area contributed by atoms with Crippen LogP contribution in [0.1, 0.15) is 39.5 Å². The standard InChI is InChI=1S/C18H30N2O6/c1-15(2)19-13-16(21)14-25-18-9-7-17(8-10-18)24-11-5-3-4-6-12-26-20(22)23/h7-10,15-16,19,21H,3-6,11-14H2,1-2H3. The molecule has 1 aromatic carbocycles. The summed E-state index contributed by atoms with van der Waals surface area (Å²) in [6, 6.07) is 7.62. The highest BCUT2D eigenvalue weighted by Crippen LogP contribution is 2.18. The topological polar surface area (TPSA) is 103 Å². The summed E-state index contributed by atoms with van der Waals surface area (Å²) in [7, 11) is 0. The first-order chi connectivity index (χ1) is 12.5. The predicted octanol–water partition coefficient (Wildman–Crippen LogP) is 2.57. The largest absolute Gasteiger partial charge is 0.494 e. The van der Waals surface area contributed by atoms with Crippen LogP contribution in [-0.2, 0) is 4.84 Å². The van der Waals surface area contributed by atoms with Crippen molar-refractivity contribution in [2.75, 3.05) is 26.4 Å². The molecule has 0 amide bonds. The Morgan fingerprint density at radius 1 is 1.04 bits per heavy atom. The maximum atomic E-state index is 9.98. The van der Waals surface area contributed by atoms with E-state index in [9.17, 15) is 15.2 Å². The zero-order valence-corrected chi connectivity index (χ0v) is 15.6. The van der Waals surface area contributed by atoms with Gasteiger partial charge in [0.15, 0.2) is 0 Å². The van der Waals surface area contributed by atoms with Crippen LogP contribution in [0.15, 0.2) is 24.3 Å². The monoisotopic (exact) mass is 370 g/mol. The van der Waals surface area contributed by atoms with E-state index in [1.54, 1.807) is 0 Å². The van der Waals surface area contributed by atoms with E-state index in [1.165, 1.54) is 0 Å². The van der Waals surface area contributed by atoms with Crippen molar-refractivity contribution in [1.29, 1.82) is 0 Å². The summed E-state index contributed by atoms with van der Waals surface area (Å²) >= 11 is 0. The van der Waals surface area contributed by atoms with Crippen LogP contribution in [0.5, 0.6) is 11.5 Å². The molecule has 1 rings (SSSR count). The quantitative estimate of drug-likeness (QED) is 0.278. The summed E-state index contributed by atoms with van der Waals surface area (Å²) in [5, 5.41) is 22.2. The Bertz CT molecular complexity index is 495. The molecule has 0 aliphatic rings. The first kappa shape index (κ1) is 22.0. The number of aliphatic hydroxyl groups is 1. The van der Waals surface area contributed by atoms with Crippen molar-refractivity contribution in [2.24, 2.45) is 0 Å². The zero-order valence-electron chi connectivity index (χ0n) is 15.6. The number of nitrogens with one attached hydrogen (secondary N) is 1. The minimum Gasteiger partial charge on any atom is -0.494 e. The molecule has 8 heteroatoms. The molecule has 0 spiro atoms. The Morgan fingerprint density at radius 3 is 2.19 bits per heavy atom. The van der Waals surface area contributed by atoms with Crippen LogP contribution in [-0.4, -0.2) is 48.7 Å². The Labute approximate surface area is 154 Å². The number of hydrogen-bond donors (Lipinski definition) is 2. The van der Waals surface area contributed by atoms with E-state index >= 15 is 0 Å². The smallest absolute Gasteiger partial charge is 0.294 e. The fourth-order valence-corrected chi connectivity index (χ4v) is 2.14. The van der Waals surface area contributed by atoms with Gasteiger partial charge in [-0.25, -0.2) is 0 Å². The molecule has 148 valence electrons. The third kappa shape index (κ3) is 11.5. The first-order valence-corrected chi connectivity index (χ1v) is 9.01. The van der Waals surface area contributed by atoms with Crippen LogP contribution in [0.2, 0.25) is 0 Å². The van der Waals surface area contributed by atoms with Crippen molar-refractivity contribution in [1.82, 2.24) is 5.32 Å². The third-order valence-electron chi connectivity index (χ3n) is 3.53. The summed E-state index contributed by atoms with van der Waals surface area (Å²) in [6.07, 6.45) is 2.81. The molecule has 2 N–H and O–H groups in total. The summed E-state index contributed by atoms with van der Waals surface area (Å²) in [5.41, 5.74) is 0. The van der Waals surface area contributed by atoms with Crippen molar-refractivity contribution in [2.45, 2.75) is 51.7 Å². The SMILES string of the molecule is CC(C)NCC(O)COc1ccc(OCCCCCCO[N+](=O)[O-])cc1. The molecule has 1 unspecified atom stereocenters. The van der Waals surface area contributed by atoms with Gasteiger partial charge in [-0.05, 0) is 37.1 Å². The molecule has 1 aromatic rings. The van der Waals surface area contributed by atoms with E-state index < -0.39 is 11.2 Å². The molecule has 26 heavy (non-hydrogen) atoms. The third-order valence-corrected chi connectivity index (χ3v) is 3.53. The molecule has 0 aliphatic carbocycles.